The number of ether oxygens (including phenoxy) is 1. The van der Waals surface area contributed by atoms with Gasteiger partial charge in [-0.15, -0.1) is 0 Å². The number of halogens is 1. The second-order valence-electron chi connectivity index (χ2n) is 10.1. The Balaban J connectivity index is 1.47. The minimum atomic E-state index is -0.107. The number of hydrogen-bond donors (Lipinski definition) is 1. The van der Waals surface area contributed by atoms with E-state index in [0.717, 1.165) is 48.4 Å². The molecule has 2 aromatic heterocycles. The third-order valence-electron chi connectivity index (χ3n) is 7.97. The van der Waals surface area contributed by atoms with Gasteiger partial charge in [-0.05, 0) is 93.1 Å². The smallest absolute Gasteiger partial charge is 0.174 e. The number of pyridine rings is 1. The van der Waals surface area contributed by atoms with E-state index in [0.29, 0.717) is 5.11 Å². The molecule has 4 aromatic rings. The molecule has 0 spiro atoms. The van der Waals surface area contributed by atoms with E-state index in [1.165, 1.54) is 28.2 Å². The van der Waals surface area contributed by atoms with Gasteiger partial charge in [0.2, 0.25) is 0 Å². The van der Waals surface area contributed by atoms with Crippen molar-refractivity contribution in [1.82, 2.24) is 14.9 Å². The van der Waals surface area contributed by atoms with Crippen LogP contribution in [0.4, 0.5) is 11.4 Å². The lowest BCUT2D eigenvalue weighted by Crippen LogP contribution is -2.36. The van der Waals surface area contributed by atoms with Crippen molar-refractivity contribution in [2.45, 2.75) is 32.9 Å². The van der Waals surface area contributed by atoms with Crippen LogP contribution in [0.25, 0.3) is 5.69 Å². The first-order chi connectivity index (χ1) is 18.9. The summed E-state index contributed by atoms with van der Waals surface area (Å²) < 4.78 is 7.84. The van der Waals surface area contributed by atoms with Crippen LogP contribution in [0.1, 0.15) is 40.3 Å². The van der Waals surface area contributed by atoms with Gasteiger partial charge in [-0.1, -0.05) is 23.7 Å². The van der Waals surface area contributed by atoms with E-state index >= 15 is 0 Å². The molecule has 6 rings (SSSR count). The largest absolute Gasteiger partial charge is 0.378 e. The molecule has 0 saturated carbocycles. The highest BCUT2D eigenvalue weighted by Gasteiger charge is 2.43. The molecule has 2 fully saturated rings. The number of aromatic nitrogens is 2. The molecule has 6 nitrogen and oxygen atoms in total. The molecule has 1 N–H and O–H groups in total. The highest BCUT2D eigenvalue weighted by molar-refractivity contribution is 7.80. The Morgan fingerprint density at radius 2 is 1.64 bits per heavy atom. The molecule has 0 radical (unpaired) electrons. The first kappa shape index (κ1) is 25.9. The molecular formula is C31H32ClN5OS. The molecule has 0 aliphatic carbocycles. The summed E-state index contributed by atoms with van der Waals surface area (Å²) in [6.45, 7) is 9.89. The zero-order valence-corrected chi connectivity index (χ0v) is 24.0. The molecule has 39 heavy (non-hydrogen) atoms. The van der Waals surface area contributed by atoms with Gasteiger partial charge in [-0.25, -0.2) is 0 Å². The maximum Gasteiger partial charge on any atom is 0.174 e. The van der Waals surface area contributed by atoms with Crippen LogP contribution >= 0.6 is 23.8 Å². The molecule has 4 heterocycles. The normalized spacial score (nSPS) is 19.4. The number of morpholine rings is 1. The molecule has 2 aliphatic heterocycles. The highest BCUT2D eigenvalue weighted by Crippen LogP contribution is 2.45. The summed E-state index contributed by atoms with van der Waals surface area (Å²) in [6.07, 6.45) is 1.85. The zero-order valence-electron chi connectivity index (χ0n) is 22.4. The average molecular weight is 558 g/mol. The van der Waals surface area contributed by atoms with Gasteiger partial charge in [0.05, 0.1) is 31.0 Å². The van der Waals surface area contributed by atoms with Gasteiger partial charge in [-0.2, -0.15) is 0 Å². The fraction of sp³-hybridized carbons (Fsp3) is 0.290. The van der Waals surface area contributed by atoms with Crippen molar-refractivity contribution in [3.8, 4) is 5.69 Å². The van der Waals surface area contributed by atoms with Gasteiger partial charge in [0.1, 0.15) is 0 Å². The summed E-state index contributed by atoms with van der Waals surface area (Å²) in [5.74, 6) is 0. The molecular weight excluding hydrogens is 526 g/mol. The fourth-order valence-corrected chi connectivity index (χ4v) is 6.55. The molecule has 2 aliphatic rings. The number of nitrogens with one attached hydrogen (secondary N) is 1. The molecule has 2 atom stereocenters. The van der Waals surface area contributed by atoms with Crippen molar-refractivity contribution in [1.29, 1.82) is 0 Å². The van der Waals surface area contributed by atoms with Crippen LogP contribution in [0, 0.1) is 20.8 Å². The van der Waals surface area contributed by atoms with Crippen LogP contribution in [0.2, 0.25) is 5.02 Å². The SMILES string of the molecule is Cc1c([C@@H]2[C@@H](c3ccccn3)NC(=S)N2c2ccc(N3CCOCC3)cc2)c(C)n(-c2cccc(Cl)c2)c1C. The molecule has 8 heteroatoms. The first-order valence-electron chi connectivity index (χ1n) is 13.3. The number of nitrogens with zero attached hydrogens (tertiary/aromatic N) is 4. The zero-order chi connectivity index (χ0) is 27.1. The lowest BCUT2D eigenvalue weighted by Gasteiger charge is -2.31. The maximum absolute atomic E-state index is 6.40. The van der Waals surface area contributed by atoms with E-state index in [1.54, 1.807) is 0 Å². The predicted molar refractivity (Wildman–Crippen MR) is 162 cm³/mol. The van der Waals surface area contributed by atoms with Crippen LogP contribution < -0.4 is 15.1 Å². The highest BCUT2D eigenvalue weighted by atomic mass is 35.5. The summed E-state index contributed by atoms with van der Waals surface area (Å²) in [6, 6.07) is 22.6. The standard InChI is InChI=1S/C31H32ClN5OS/c1-20-21(2)36(26-8-6-7-23(32)19-26)22(3)28(20)30-29(27-9-4-5-14-33-27)34-31(39)37(30)25-12-10-24(11-13-25)35-15-17-38-18-16-35/h4-14,19,29-30H,15-18H2,1-3H3,(H,34,39)/t29-,30-/m1/s1. The first-order valence-corrected chi connectivity index (χ1v) is 14.1. The minimum absolute atomic E-state index is 0.0826. The average Bonchev–Trinajstić information content (AvgIpc) is 3.41. The van der Waals surface area contributed by atoms with Crippen molar-refractivity contribution in [2.75, 3.05) is 36.1 Å². The van der Waals surface area contributed by atoms with E-state index in [9.17, 15) is 0 Å². The quantitative estimate of drug-likeness (QED) is 0.284. The maximum atomic E-state index is 6.40. The topological polar surface area (TPSA) is 45.6 Å². The summed E-state index contributed by atoms with van der Waals surface area (Å²) in [7, 11) is 0. The Morgan fingerprint density at radius 3 is 2.33 bits per heavy atom. The van der Waals surface area contributed by atoms with E-state index in [4.69, 9.17) is 33.5 Å². The summed E-state index contributed by atoms with van der Waals surface area (Å²) >= 11 is 12.4. The monoisotopic (exact) mass is 557 g/mol. The Labute approximate surface area is 240 Å². The lowest BCUT2D eigenvalue weighted by atomic mass is 9.93. The van der Waals surface area contributed by atoms with Gasteiger partial charge >= 0.3 is 0 Å². The lowest BCUT2D eigenvalue weighted by molar-refractivity contribution is 0.122. The van der Waals surface area contributed by atoms with Crippen molar-refractivity contribution < 1.29 is 4.74 Å². The number of thiocarbonyl (C=S) groups is 1. The van der Waals surface area contributed by atoms with Crippen LogP contribution in [-0.2, 0) is 4.74 Å². The fourth-order valence-electron chi connectivity index (χ4n) is 6.02. The van der Waals surface area contributed by atoms with Crippen molar-refractivity contribution in [3.05, 3.63) is 106 Å². The van der Waals surface area contributed by atoms with E-state index in [-0.39, 0.29) is 12.1 Å². The third-order valence-corrected chi connectivity index (χ3v) is 8.52. The Bertz CT molecular complexity index is 1500. The second kappa shape index (κ2) is 10.6. The number of anilines is 2. The minimum Gasteiger partial charge on any atom is -0.378 e. The Hall–Kier alpha value is -3.39. The summed E-state index contributed by atoms with van der Waals surface area (Å²) in [5, 5.41) is 5.03. The molecule has 0 unspecified atom stereocenters. The second-order valence-corrected chi connectivity index (χ2v) is 11.0. The number of benzene rings is 2. The molecule has 2 aromatic carbocycles. The molecule has 0 amide bonds. The van der Waals surface area contributed by atoms with Crippen LogP contribution in [0.3, 0.4) is 0 Å². The molecule has 2 saturated heterocycles. The number of hydrogen-bond acceptors (Lipinski definition) is 4. The van der Waals surface area contributed by atoms with Gasteiger partial charge in [0.15, 0.2) is 5.11 Å². The van der Waals surface area contributed by atoms with Crippen molar-refractivity contribution >= 4 is 40.3 Å². The van der Waals surface area contributed by atoms with Crippen LogP contribution in [0.15, 0.2) is 72.9 Å². The third kappa shape index (κ3) is 4.69. The van der Waals surface area contributed by atoms with Gasteiger partial charge in [-0.3, -0.25) is 4.98 Å². The Kier molecular flexibility index (Phi) is 7.06. The van der Waals surface area contributed by atoms with E-state index < -0.39 is 0 Å². The molecule has 0 bridgehead atoms. The Morgan fingerprint density at radius 1 is 0.897 bits per heavy atom. The van der Waals surface area contributed by atoms with Gasteiger partial charge in [0.25, 0.3) is 0 Å². The van der Waals surface area contributed by atoms with E-state index in [2.05, 4.69) is 76.9 Å². The number of rotatable bonds is 5. The molecule has 200 valence electrons. The van der Waals surface area contributed by atoms with Crippen molar-refractivity contribution in [3.63, 3.8) is 0 Å². The van der Waals surface area contributed by atoms with Gasteiger partial charge < -0.3 is 24.4 Å². The van der Waals surface area contributed by atoms with Crippen molar-refractivity contribution in [2.24, 2.45) is 0 Å². The summed E-state index contributed by atoms with van der Waals surface area (Å²) in [5.41, 5.74) is 9.10. The summed E-state index contributed by atoms with van der Waals surface area (Å²) in [4.78, 5) is 9.37. The predicted octanol–water partition coefficient (Wildman–Crippen LogP) is 6.46. The van der Waals surface area contributed by atoms with Gasteiger partial charge in [0, 0.05) is 58.3 Å². The van der Waals surface area contributed by atoms with Crippen LogP contribution in [0.5, 0.6) is 0 Å². The van der Waals surface area contributed by atoms with Crippen LogP contribution in [-0.4, -0.2) is 41.0 Å². The van der Waals surface area contributed by atoms with E-state index in [1.807, 2.05) is 36.5 Å².